The smallest absolute Gasteiger partial charge is 0.230 e. The van der Waals surface area contributed by atoms with Crippen LogP contribution in [-0.4, -0.2) is 19.8 Å². The van der Waals surface area contributed by atoms with Gasteiger partial charge < -0.3 is 10.3 Å². The predicted molar refractivity (Wildman–Crippen MR) is 69.9 cm³/mol. The SMILES string of the molecule is CS(=O)(=O)Cc1noc(N)c1-c1cccc(Cl)c1F. The minimum Gasteiger partial charge on any atom is -0.367 e. The molecular weight excluding hydrogens is 295 g/mol. The van der Waals surface area contributed by atoms with Crippen molar-refractivity contribution in [3.8, 4) is 11.1 Å². The van der Waals surface area contributed by atoms with E-state index in [1.54, 1.807) is 0 Å². The standard InChI is InChI=1S/C11H10ClFN2O3S/c1-19(16,17)5-8-9(11(14)18-15-8)6-3-2-4-7(12)10(6)13/h2-4H,5,14H2,1H3. The lowest BCUT2D eigenvalue weighted by Crippen LogP contribution is -2.03. The largest absolute Gasteiger partial charge is 0.367 e. The Labute approximate surface area is 114 Å². The molecule has 1 heterocycles. The van der Waals surface area contributed by atoms with Crippen molar-refractivity contribution in [3.05, 3.63) is 34.7 Å². The van der Waals surface area contributed by atoms with Crippen molar-refractivity contribution >= 4 is 27.3 Å². The Morgan fingerprint density at radius 2 is 2.16 bits per heavy atom. The summed E-state index contributed by atoms with van der Waals surface area (Å²) in [6.07, 6.45) is 1.04. The average Bonchev–Trinajstić information content (AvgIpc) is 2.62. The van der Waals surface area contributed by atoms with E-state index in [9.17, 15) is 12.8 Å². The number of nitrogens with two attached hydrogens (primary N) is 1. The number of halogens is 2. The molecule has 0 saturated carbocycles. The zero-order chi connectivity index (χ0) is 14.2. The minimum atomic E-state index is -3.35. The Hall–Kier alpha value is -1.60. The monoisotopic (exact) mass is 304 g/mol. The van der Waals surface area contributed by atoms with E-state index in [0.717, 1.165) is 6.26 Å². The molecule has 0 saturated heterocycles. The summed E-state index contributed by atoms with van der Waals surface area (Å²) in [5, 5.41) is 3.47. The van der Waals surface area contributed by atoms with Crippen molar-refractivity contribution in [2.45, 2.75) is 5.75 Å². The molecule has 1 aromatic heterocycles. The molecule has 0 unspecified atom stereocenters. The summed E-state index contributed by atoms with van der Waals surface area (Å²) in [6, 6.07) is 4.33. The number of anilines is 1. The third-order valence-electron chi connectivity index (χ3n) is 2.41. The molecule has 0 spiro atoms. The molecule has 2 N–H and O–H groups in total. The van der Waals surface area contributed by atoms with Crippen LogP contribution in [0.4, 0.5) is 10.3 Å². The normalized spacial score (nSPS) is 11.7. The first-order chi connectivity index (χ1) is 8.79. The maximum atomic E-state index is 14.0. The van der Waals surface area contributed by atoms with Crippen molar-refractivity contribution in [1.82, 2.24) is 5.16 Å². The summed E-state index contributed by atoms with van der Waals surface area (Å²) in [4.78, 5) is 0. The quantitative estimate of drug-likeness (QED) is 0.940. The van der Waals surface area contributed by atoms with Crippen LogP contribution < -0.4 is 5.73 Å². The van der Waals surface area contributed by atoms with Gasteiger partial charge in [0.2, 0.25) is 5.88 Å². The van der Waals surface area contributed by atoms with Crippen LogP contribution in [0.5, 0.6) is 0 Å². The summed E-state index contributed by atoms with van der Waals surface area (Å²) in [7, 11) is -3.35. The number of benzene rings is 1. The Balaban J connectivity index is 2.62. The topological polar surface area (TPSA) is 86.2 Å². The van der Waals surface area contributed by atoms with Gasteiger partial charge in [-0.2, -0.15) is 0 Å². The first-order valence-corrected chi connectivity index (χ1v) is 7.59. The summed E-state index contributed by atoms with van der Waals surface area (Å²) in [5.41, 5.74) is 5.81. The van der Waals surface area contributed by atoms with Crippen molar-refractivity contribution in [3.63, 3.8) is 0 Å². The second kappa shape index (κ2) is 4.82. The molecule has 2 rings (SSSR count). The molecule has 1 aromatic carbocycles. The van der Waals surface area contributed by atoms with Crippen LogP contribution in [0.1, 0.15) is 5.69 Å². The molecule has 0 fully saturated rings. The van der Waals surface area contributed by atoms with Gasteiger partial charge in [-0.05, 0) is 6.07 Å². The minimum absolute atomic E-state index is 0.0566. The van der Waals surface area contributed by atoms with Crippen molar-refractivity contribution < 1.29 is 17.3 Å². The van der Waals surface area contributed by atoms with Gasteiger partial charge in [0.05, 0.1) is 16.3 Å². The van der Waals surface area contributed by atoms with E-state index < -0.39 is 21.4 Å². The molecule has 0 aliphatic heterocycles. The van der Waals surface area contributed by atoms with Gasteiger partial charge in [-0.25, -0.2) is 12.8 Å². The van der Waals surface area contributed by atoms with Crippen LogP contribution >= 0.6 is 11.6 Å². The molecule has 5 nitrogen and oxygen atoms in total. The van der Waals surface area contributed by atoms with Gasteiger partial charge in [0.25, 0.3) is 0 Å². The maximum absolute atomic E-state index is 14.0. The predicted octanol–water partition coefficient (Wildman–Crippen LogP) is 2.26. The summed E-state index contributed by atoms with van der Waals surface area (Å²) >= 11 is 5.68. The Morgan fingerprint density at radius 3 is 2.79 bits per heavy atom. The fourth-order valence-electron chi connectivity index (χ4n) is 1.67. The van der Waals surface area contributed by atoms with Gasteiger partial charge in [-0.15, -0.1) is 0 Å². The zero-order valence-corrected chi connectivity index (χ0v) is 11.4. The Bertz CT molecular complexity index is 728. The summed E-state index contributed by atoms with van der Waals surface area (Å²) in [6.45, 7) is 0. The second-order valence-corrected chi connectivity index (χ2v) is 6.59. The highest BCUT2D eigenvalue weighted by Gasteiger charge is 2.22. The molecule has 102 valence electrons. The third kappa shape index (κ3) is 2.87. The van der Waals surface area contributed by atoms with Crippen LogP contribution in [0.3, 0.4) is 0 Å². The lowest BCUT2D eigenvalue weighted by atomic mass is 10.1. The van der Waals surface area contributed by atoms with Gasteiger partial charge >= 0.3 is 0 Å². The van der Waals surface area contributed by atoms with E-state index in [4.69, 9.17) is 21.9 Å². The van der Waals surface area contributed by atoms with E-state index in [-0.39, 0.29) is 27.7 Å². The van der Waals surface area contributed by atoms with Crippen LogP contribution in [0.15, 0.2) is 22.7 Å². The van der Waals surface area contributed by atoms with E-state index in [1.165, 1.54) is 18.2 Å². The highest BCUT2D eigenvalue weighted by Crippen LogP contribution is 2.34. The maximum Gasteiger partial charge on any atom is 0.230 e. The van der Waals surface area contributed by atoms with Gasteiger partial charge in [0.15, 0.2) is 9.84 Å². The Morgan fingerprint density at radius 1 is 1.47 bits per heavy atom. The fraction of sp³-hybridized carbons (Fsp3) is 0.182. The van der Waals surface area contributed by atoms with Crippen LogP contribution in [0, 0.1) is 5.82 Å². The fourth-order valence-corrected chi connectivity index (χ4v) is 2.54. The third-order valence-corrected chi connectivity index (χ3v) is 3.50. The van der Waals surface area contributed by atoms with Crippen LogP contribution in [0.25, 0.3) is 11.1 Å². The van der Waals surface area contributed by atoms with Crippen molar-refractivity contribution in [1.29, 1.82) is 0 Å². The first kappa shape index (κ1) is 13.8. The number of hydrogen-bond donors (Lipinski definition) is 1. The number of rotatable bonds is 3. The molecule has 0 amide bonds. The second-order valence-electron chi connectivity index (χ2n) is 4.04. The van der Waals surface area contributed by atoms with E-state index in [2.05, 4.69) is 5.16 Å². The molecule has 0 aliphatic rings. The van der Waals surface area contributed by atoms with Crippen molar-refractivity contribution in [2.24, 2.45) is 0 Å². The number of sulfone groups is 1. The average molecular weight is 305 g/mol. The molecule has 19 heavy (non-hydrogen) atoms. The number of nitrogen functional groups attached to an aromatic ring is 1. The molecule has 0 bridgehead atoms. The highest BCUT2D eigenvalue weighted by molar-refractivity contribution is 7.89. The molecular formula is C11H10ClFN2O3S. The molecule has 8 heteroatoms. The van der Waals surface area contributed by atoms with E-state index in [0.29, 0.717) is 0 Å². The molecule has 0 radical (unpaired) electrons. The molecule has 2 aromatic rings. The van der Waals surface area contributed by atoms with Gasteiger partial charge in [0, 0.05) is 11.8 Å². The number of nitrogens with zero attached hydrogens (tertiary/aromatic N) is 1. The zero-order valence-electron chi connectivity index (χ0n) is 9.85. The van der Waals surface area contributed by atoms with Gasteiger partial charge in [-0.1, -0.05) is 28.9 Å². The molecule has 0 atom stereocenters. The Kier molecular flexibility index (Phi) is 3.51. The van der Waals surface area contributed by atoms with Crippen LogP contribution in [-0.2, 0) is 15.6 Å². The van der Waals surface area contributed by atoms with E-state index >= 15 is 0 Å². The molecule has 0 aliphatic carbocycles. The first-order valence-electron chi connectivity index (χ1n) is 5.15. The lowest BCUT2D eigenvalue weighted by Gasteiger charge is -2.04. The summed E-state index contributed by atoms with van der Waals surface area (Å²) in [5.74, 6) is -1.25. The number of hydrogen-bond acceptors (Lipinski definition) is 5. The van der Waals surface area contributed by atoms with Crippen molar-refractivity contribution in [2.75, 3.05) is 12.0 Å². The number of aromatic nitrogens is 1. The highest BCUT2D eigenvalue weighted by atomic mass is 35.5. The van der Waals surface area contributed by atoms with Crippen LogP contribution in [0.2, 0.25) is 5.02 Å². The van der Waals surface area contributed by atoms with Gasteiger partial charge in [-0.3, -0.25) is 0 Å². The van der Waals surface area contributed by atoms with Gasteiger partial charge in [0.1, 0.15) is 11.5 Å². The van der Waals surface area contributed by atoms with E-state index in [1.807, 2.05) is 0 Å². The summed E-state index contributed by atoms with van der Waals surface area (Å²) < 4.78 is 41.3. The lowest BCUT2D eigenvalue weighted by molar-refractivity contribution is 0.430.